The van der Waals surface area contributed by atoms with E-state index in [-0.39, 0.29) is 0 Å². The van der Waals surface area contributed by atoms with E-state index in [9.17, 15) is 0 Å². The van der Waals surface area contributed by atoms with Crippen LogP contribution < -0.4 is 5.73 Å². The fourth-order valence-electron chi connectivity index (χ4n) is 2.63. The van der Waals surface area contributed by atoms with Gasteiger partial charge in [0.2, 0.25) is 5.88 Å². The Balaban J connectivity index is 2.07. The summed E-state index contributed by atoms with van der Waals surface area (Å²) in [5.41, 5.74) is 11.7. The van der Waals surface area contributed by atoms with Gasteiger partial charge in [-0.15, -0.1) is 0 Å². The van der Waals surface area contributed by atoms with Gasteiger partial charge in [0.05, 0.1) is 11.3 Å². The van der Waals surface area contributed by atoms with Crippen LogP contribution in [0.1, 0.15) is 42.5 Å². The molecular formula is C16H20N2O. The molecule has 19 heavy (non-hydrogen) atoms. The molecule has 1 fully saturated rings. The van der Waals surface area contributed by atoms with E-state index < -0.39 is 0 Å². The van der Waals surface area contributed by atoms with Crippen LogP contribution in [0.2, 0.25) is 0 Å². The molecular weight excluding hydrogens is 236 g/mol. The van der Waals surface area contributed by atoms with E-state index in [4.69, 9.17) is 10.3 Å². The van der Waals surface area contributed by atoms with Crippen LogP contribution in [0.15, 0.2) is 22.7 Å². The Kier molecular flexibility index (Phi) is 2.85. The fraction of sp³-hybridized carbons (Fsp3) is 0.438. The van der Waals surface area contributed by atoms with Crippen LogP contribution in [-0.4, -0.2) is 5.16 Å². The first-order chi connectivity index (χ1) is 9.08. The van der Waals surface area contributed by atoms with Crippen molar-refractivity contribution in [3.63, 3.8) is 0 Å². The van der Waals surface area contributed by atoms with Gasteiger partial charge in [0, 0.05) is 5.92 Å². The number of nitrogens with zero attached hydrogens (tertiary/aromatic N) is 1. The average molecular weight is 256 g/mol. The number of aryl methyl sites for hydroxylation is 2. The molecule has 0 radical (unpaired) electrons. The van der Waals surface area contributed by atoms with Gasteiger partial charge in [-0.05, 0) is 49.3 Å². The largest absolute Gasteiger partial charge is 0.367 e. The van der Waals surface area contributed by atoms with Crippen molar-refractivity contribution in [3.05, 3.63) is 35.0 Å². The number of nitrogen functional groups attached to an aromatic ring is 1. The van der Waals surface area contributed by atoms with Crippen molar-refractivity contribution >= 4 is 5.88 Å². The number of benzene rings is 1. The first-order valence-corrected chi connectivity index (χ1v) is 6.90. The minimum Gasteiger partial charge on any atom is -0.367 e. The zero-order chi connectivity index (χ0) is 13.6. The van der Waals surface area contributed by atoms with Crippen molar-refractivity contribution in [2.75, 3.05) is 5.73 Å². The third-order valence-corrected chi connectivity index (χ3v) is 4.30. The molecule has 1 atom stereocenters. The molecule has 1 unspecified atom stereocenters. The van der Waals surface area contributed by atoms with Gasteiger partial charge in [-0.25, -0.2) is 0 Å². The van der Waals surface area contributed by atoms with Gasteiger partial charge in [0.1, 0.15) is 0 Å². The zero-order valence-corrected chi connectivity index (χ0v) is 11.7. The maximum absolute atomic E-state index is 5.99. The predicted molar refractivity (Wildman–Crippen MR) is 77.0 cm³/mol. The number of hydrogen-bond donors (Lipinski definition) is 1. The van der Waals surface area contributed by atoms with E-state index in [1.165, 1.54) is 24.0 Å². The lowest BCUT2D eigenvalue weighted by Gasteiger charge is -2.10. The highest BCUT2D eigenvalue weighted by Gasteiger charge is 2.33. The Morgan fingerprint density at radius 1 is 1.26 bits per heavy atom. The van der Waals surface area contributed by atoms with Crippen molar-refractivity contribution in [2.45, 2.75) is 39.5 Å². The van der Waals surface area contributed by atoms with E-state index in [2.05, 4.69) is 44.1 Å². The summed E-state index contributed by atoms with van der Waals surface area (Å²) < 4.78 is 5.25. The Morgan fingerprint density at radius 3 is 2.63 bits per heavy atom. The van der Waals surface area contributed by atoms with Crippen molar-refractivity contribution in [2.24, 2.45) is 5.92 Å². The Hall–Kier alpha value is -1.77. The van der Waals surface area contributed by atoms with Crippen LogP contribution in [0.4, 0.5) is 5.88 Å². The molecule has 0 aliphatic heterocycles. The third-order valence-electron chi connectivity index (χ3n) is 4.30. The fourth-order valence-corrected chi connectivity index (χ4v) is 2.63. The van der Waals surface area contributed by atoms with Crippen LogP contribution in [0.5, 0.6) is 0 Å². The molecule has 3 heteroatoms. The number of anilines is 1. The highest BCUT2D eigenvalue weighted by atomic mass is 16.5. The van der Waals surface area contributed by atoms with Gasteiger partial charge >= 0.3 is 0 Å². The molecule has 1 aromatic carbocycles. The van der Waals surface area contributed by atoms with Crippen molar-refractivity contribution < 1.29 is 4.52 Å². The second kappa shape index (κ2) is 4.41. The lowest BCUT2D eigenvalue weighted by Crippen LogP contribution is -1.99. The van der Waals surface area contributed by atoms with Crippen LogP contribution in [0.3, 0.4) is 0 Å². The van der Waals surface area contributed by atoms with Crippen molar-refractivity contribution in [3.8, 4) is 11.1 Å². The summed E-state index contributed by atoms with van der Waals surface area (Å²) in [5.74, 6) is 1.61. The molecule has 100 valence electrons. The first-order valence-electron chi connectivity index (χ1n) is 6.90. The summed E-state index contributed by atoms with van der Waals surface area (Å²) >= 11 is 0. The summed E-state index contributed by atoms with van der Waals surface area (Å²) in [6.45, 7) is 6.45. The Bertz CT molecular complexity index is 611. The Labute approximate surface area is 113 Å². The quantitative estimate of drug-likeness (QED) is 0.901. The predicted octanol–water partition coefficient (Wildman–Crippen LogP) is 4.05. The summed E-state index contributed by atoms with van der Waals surface area (Å²) in [5, 5.41) is 4.21. The molecule has 1 heterocycles. The van der Waals surface area contributed by atoms with E-state index in [0.29, 0.717) is 11.8 Å². The number of aromatic nitrogens is 1. The molecule has 3 nitrogen and oxygen atoms in total. The van der Waals surface area contributed by atoms with Crippen molar-refractivity contribution in [1.29, 1.82) is 0 Å². The van der Waals surface area contributed by atoms with Gasteiger partial charge in [-0.3, -0.25) is 0 Å². The highest BCUT2D eigenvalue weighted by Crippen LogP contribution is 2.45. The van der Waals surface area contributed by atoms with Crippen LogP contribution >= 0.6 is 0 Å². The van der Waals surface area contributed by atoms with Gasteiger partial charge < -0.3 is 10.3 Å². The molecule has 2 N–H and O–H groups in total. The van der Waals surface area contributed by atoms with Gasteiger partial charge in [0.25, 0.3) is 0 Å². The van der Waals surface area contributed by atoms with Gasteiger partial charge in [-0.2, -0.15) is 0 Å². The molecule has 0 amide bonds. The standard InChI is InChI=1S/C16H20N2O/c1-9-4-5-13(8-10(9)2)14-15(18-19-16(14)17)11(3)12-6-7-12/h4-5,8,11-12H,6-7,17H2,1-3H3. The monoisotopic (exact) mass is 256 g/mol. The van der Waals surface area contributed by atoms with Gasteiger partial charge in [-0.1, -0.05) is 30.3 Å². The SMILES string of the molecule is Cc1ccc(-c2c(C(C)C3CC3)noc2N)cc1C. The van der Waals surface area contributed by atoms with E-state index in [1.54, 1.807) is 0 Å². The van der Waals surface area contributed by atoms with Crippen LogP contribution in [0, 0.1) is 19.8 Å². The minimum absolute atomic E-state index is 0.428. The molecule has 1 aromatic heterocycles. The second-order valence-corrected chi connectivity index (χ2v) is 5.73. The summed E-state index contributed by atoms with van der Waals surface area (Å²) in [6, 6.07) is 6.40. The highest BCUT2D eigenvalue weighted by molar-refractivity contribution is 5.76. The zero-order valence-electron chi connectivity index (χ0n) is 11.7. The van der Waals surface area contributed by atoms with Crippen LogP contribution in [0.25, 0.3) is 11.1 Å². The van der Waals surface area contributed by atoms with E-state index in [1.807, 2.05) is 0 Å². The van der Waals surface area contributed by atoms with Crippen LogP contribution in [-0.2, 0) is 0 Å². The number of hydrogen-bond acceptors (Lipinski definition) is 3. The summed E-state index contributed by atoms with van der Waals surface area (Å²) in [7, 11) is 0. The van der Waals surface area contributed by atoms with Gasteiger partial charge in [0.15, 0.2) is 0 Å². The van der Waals surface area contributed by atoms with Crippen molar-refractivity contribution in [1.82, 2.24) is 5.16 Å². The summed E-state index contributed by atoms with van der Waals surface area (Å²) in [4.78, 5) is 0. The van der Waals surface area contributed by atoms with E-state index in [0.717, 1.165) is 22.7 Å². The third kappa shape index (κ3) is 2.14. The lowest BCUT2D eigenvalue weighted by atomic mass is 9.93. The molecule has 0 saturated heterocycles. The minimum atomic E-state index is 0.428. The molecule has 1 saturated carbocycles. The maximum atomic E-state index is 5.99. The normalized spacial score (nSPS) is 16.6. The molecule has 0 bridgehead atoms. The molecule has 3 rings (SSSR count). The maximum Gasteiger partial charge on any atom is 0.230 e. The molecule has 1 aliphatic rings. The number of rotatable bonds is 3. The lowest BCUT2D eigenvalue weighted by molar-refractivity contribution is 0.417. The Morgan fingerprint density at radius 2 is 2.00 bits per heavy atom. The summed E-state index contributed by atoms with van der Waals surface area (Å²) in [6.07, 6.45) is 2.58. The molecule has 0 spiro atoms. The molecule has 1 aliphatic carbocycles. The average Bonchev–Trinajstić information content (AvgIpc) is 3.16. The topological polar surface area (TPSA) is 52.0 Å². The van der Waals surface area contributed by atoms with E-state index >= 15 is 0 Å². The first kappa shape index (κ1) is 12.3. The number of nitrogens with two attached hydrogens (primary N) is 1. The smallest absolute Gasteiger partial charge is 0.230 e. The second-order valence-electron chi connectivity index (χ2n) is 5.73. The molecule has 2 aromatic rings.